The van der Waals surface area contributed by atoms with Crippen LogP contribution in [0.1, 0.15) is 25.7 Å². The molecular formula is C12H25N3O2S. The van der Waals surface area contributed by atoms with Crippen molar-refractivity contribution in [1.29, 1.82) is 0 Å². The van der Waals surface area contributed by atoms with Gasteiger partial charge in [0.2, 0.25) is 0 Å². The van der Waals surface area contributed by atoms with E-state index in [2.05, 4.69) is 16.8 Å². The van der Waals surface area contributed by atoms with Gasteiger partial charge < -0.3 is 10.6 Å². The Balaban J connectivity index is 1.99. The normalized spacial score (nSPS) is 33.7. The summed E-state index contributed by atoms with van der Waals surface area (Å²) in [7, 11) is -0.285. The fraction of sp³-hybridized carbons (Fsp3) is 1.00. The number of piperazine rings is 1. The number of hydrogen-bond donors (Lipinski definition) is 2. The molecule has 0 aromatic rings. The zero-order valence-electron chi connectivity index (χ0n) is 11.1. The molecule has 6 heteroatoms. The van der Waals surface area contributed by atoms with E-state index < -0.39 is 10.7 Å². The third kappa shape index (κ3) is 3.44. The van der Waals surface area contributed by atoms with E-state index in [9.17, 15) is 8.42 Å². The molecule has 0 radical (unpaired) electrons. The van der Waals surface area contributed by atoms with Crippen molar-refractivity contribution in [3.63, 3.8) is 0 Å². The zero-order valence-corrected chi connectivity index (χ0v) is 12.0. The summed E-state index contributed by atoms with van der Waals surface area (Å²) in [5.74, 6) is 0.286. The van der Waals surface area contributed by atoms with Crippen molar-refractivity contribution in [2.45, 2.75) is 37.1 Å². The van der Waals surface area contributed by atoms with E-state index in [4.69, 9.17) is 5.73 Å². The van der Waals surface area contributed by atoms with Gasteiger partial charge >= 0.3 is 0 Å². The van der Waals surface area contributed by atoms with Crippen molar-refractivity contribution in [3.05, 3.63) is 0 Å². The van der Waals surface area contributed by atoms with Crippen LogP contribution in [0.5, 0.6) is 0 Å². The molecule has 0 aromatic carbocycles. The molecule has 1 unspecified atom stereocenters. The summed E-state index contributed by atoms with van der Waals surface area (Å²) in [6, 6.07) is 0.277. The molecule has 2 aliphatic rings. The number of nitrogens with two attached hydrogens (primary N) is 1. The maximum Gasteiger partial charge on any atom is 0.156 e. The second-order valence-corrected chi connectivity index (χ2v) is 6.81. The highest BCUT2D eigenvalue weighted by atomic mass is 32.2. The topological polar surface area (TPSA) is 66.6 Å². The van der Waals surface area contributed by atoms with Crippen LogP contribution in [0.15, 0.2) is 0 Å². The minimum Gasteiger partial charge on any atom is -0.328 e. The van der Waals surface area contributed by atoms with Crippen LogP contribution in [-0.4, -0.2) is 62.9 Å². The fourth-order valence-corrected chi connectivity index (χ4v) is 4.27. The van der Waals surface area contributed by atoms with Crippen LogP contribution in [-0.2, 0) is 10.7 Å². The summed E-state index contributed by atoms with van der Waals surface area (Å²) in [5, 5.41) is -0.263. The fourth-order valence-electron chi connectivity index (χ4n) is 3.13. The average molecular weight is 275 g/mol. The molecule has 1 aliphatic carbocycles. The maximum atomic E-state index is 11.6. The molecular weight excluding hydrogens is 250 g/mol. The Morgan fingerprint density at radius 1 is 1.06 bits per heavy atom. The average Bonchev–Trinajstić information content (AvgIpc) is 2.34. The van der Waals surface area contributed by atoms with Gasteiger partial charge in [-0.2, -0.15) is 0 Å². The van der Waals surface area contributed by atoms with Gasteiger partial charge in [-0.3, -0.25) is 4.90 Å². The van der Waals surface area contributed by atoms with Crippen LogP contribution >= 0.6 is 0 Å². The highest BCUT2D eigenvalue weighted by molar-refractivity contribution is 7.73. The monoisotopic (exact) mass is 275 g/mol. The molecule has 18 heavy (non-hydrogen) atoms. The van der Waals surface area contributed by atoms with Crippen molar-refractivity contribution in [1.82, 2.24) is 9.80 Å². The summed E-state index contributed by atoms with van der Waals surface area (Å²) in [5.41, 5.74) is 5.90. The maximum absolute atomic E-state index is 11.6. The first-order valence-electron chi connectivity index (χ1n) is 6.89. The molecule has 0 spiro atoms. The molecule has 106 valence electrons. The minimum absolute atomic E-state index is 0.263. The molecule has 2 N–H and O–H groups in total. The summed E-state index contributed by atoms with van der Waals surface area (Å²) in [6.07, 6.45) is 3.86. The lowest BCUT2D eigenvalue weighted by molar-refractivity contribution is 0.104. The lowest BCUT2D eigenvalue weighted by atomic mass is 9.86. The summed E-state index contributed by atoms with van der Waals surface area (Å²) in [4.78, 5) is 4.41. The zero-order chi connectivity index (χ0) is 13.1. The highest BCUT2D eigenvalue weighted by Crippen LogP contribution is 2.29. The van der Waals surface area contributed by atoms with E-state index in [1.165, 1.54) is 0 Å². The van der Waals surface area contributed by atoms with E-state index >= 15 is 0 Å². The van der Waals surface area contributed by atoms with Gasteiger partial charge in [0.05, 0.1) is 0 Å². The number of hydrogen-bond acceptors (Lipinski definition) is 5. The van der Waals surface area contributed by atoms with Crippen LogP contribution in [0.25, 0.3) is 0 Å². The first-order chi connectivity index (χ1) is 8.58. The predicted molar refractivity (Wildman–Crippen MR) is 73.1 cm³/mol. The van der Waals surface area contributed by atoms with Crippen LogP contribution in [0.4, 0.5) is 0 Å². The van der Waals surface area contributed by atoms with Gasteiger partial charge in [-0.1, -0.05) is 0 Å². The molecule has 1 heterocycles. The molecule has 1 aliphatic heterocycles. The molecule has 1 atom stereocenters. The number of thiol groups is 1. The van der Waals surface area contributed by atoms with Gasteiger partial charge in [-0.25, -0.2) is 8.42 Å². The van der Waals surface area contributed by atoms with E-state index in [0.717, 1.165) is 51.9 Å². The van der Waals surface area contributed by atoms with Crippen molar-refractivity contribution in [3.8, 4) is 0 Å². The third-order valence-electron chi connectivity index (χ3n) is 4.37. The van der Waals surface area contributed by atoms with Crippen LogP contribution in [0.2, 0.25) is 0 Å². The number of nitrogens with zero attached hydrogens (tertiary/aromatic N) is 2. The second kappa shape index (κ2) is 6.32. The highest BCUT2D eigenvalue weighted by Gasteiger charge is 2.33. The Labute approximate surface area is 111 Å². The third-order valence-corrected chi connectivity index (χ3v) is 5.55. The predicted octanol–water partition coefficient (Wildman–Crippen LogP) is -0.311. The first kappa shape index (κ1) is 14.2. The minimum atomic E-state index is -2.37. The Bertz CT molecular complexity index is 302. The standard InChI is InChI=1S/C12H25N3O2S/c1-14-6-8-15(9-7-14)12(18(16)17)10-2-4-11(13)5-3-10/h10-12,18H,2-9,13H2,1H3. The SMILES string of the molecule is CN1CCN(C(C2CCC(N)CC2)[SH](=O)=O)CC1. The van der Waals surface area contributed by atoms with Gasteiger partial charge in [-0.05, 0) is 38.6 Å². The van der Waals surface area contributed by atoms with Crippen LogP contribution < -0.4 is 5.73 Å². The van der Waals surface area contributed by atoms with Crippen molar-refractivity contribution >= 4 is 10.7 Å². The quantitative estimate of drug-likeness (QED) is 0.692. The Kier molecular flexibility index (Phi) is 5.00. The first-order valence-corrected chi connectivity index (χ1v) is 8.14. The molecule has 2 fully saturated rings. The smallest absolute Gasteiger partial charge is 0.156 e. The lowest BCUT2D eigenvalue weighted by Gasteiger charge is -2.40. The molecule has 0 bridgehead atoms. The van der Waals surface area contributed by atoms with Gasteiger partial charge in [-0.15, -0.1) is 0 Å². The molecule has 1 saturated heterocycles. The van der Waals surface area contributed by atoms with Gasteiger partial charge in [0.1, 0.15) is 5.37 Å². The molecule has 1 saturated carbocycles. The Morgan fingerprint density at radius 2 is 1.61 bits per heavy atom. The van der Waals surface area contributed by atoms with E-state index in [-0.39, 0.29) is 17.3 Å². The van der Waals surface area contributed by atoms with Crippen molar-refractivity contribution < 1.29 is 8.42 Å². The lowest BCUT2D eigenvalue weighted by Crippen LogP contribution is -2.52. The van der Waals surface area contributed by atoms with Gasteiger partial charge in [0, 0.05) is 32.2 Å². The van der Waals surface area contributed by atoms with E-state index in [1.807, 2.05) is 0 Å². The number of rotatable bonds is 3. The summed E-state index contributed by atoms with van der Waals surface area (Å²) in [6.45, 7) is 3.66. The largest absolute Gasteiger partial charge is 0.328 e. The van der Waals surface area contributed by atoms with Crippen molar-refractivity contribution in [2.75, 3.05) is 33.2 Å². The Hall–Kier alpha value is -0.170. The van der Waals surface area contributed by atoms with Crippen LogP contribution in [0.3, 0.4) is 0 Å². The summed E-state index contributed by atoms with van der Waals surface area (Å²) < 4.78 is 23.2. The van der Waals surface area contributed by atoms with Gasteiger partial charge in [0.15, 0.2) is 10.7 Å². The van der Waals surface area contributed by atoms with Crippen LogP contribution in [0, 0.1) is 5.92 Å². The Morgan fingerprint density at radius 3 is 2.11 bits per heavy atom. The van der Waals surface area contributed by atoms with Gasteiger partial charge in [0.25, 0.3) is 0 Å². The second-order valence-electron chi connectivity index (χ2n) is 5.71. The van der Waals surface area contributed by atoms with Crippen molar-refractivity contribution in [2.24, 2.45) is 11.7 Å². The molecule has 2 rings (SSSR count). The molecule has 0 amide bonds. The molecule has 0 aromatic heterocycles. The summed E-state index contributed by atoms with van der Waals surface area (Å²) >= 11 is 0. The van der Waals surface area contributed by atoms with E-state index in [0.29, 0.717) is 0 Å². The number of likely N-dealkylation sites (N-methyl/N-ethyl adjacent to an activating group) is 1. The van der Waals surface area contributed by atoms with E-state index in [1.54, 1.807) is 0 Å². The molecule has 5 nitrogen and oxygen atoms in total.